The molecule has 1 aliphatic heterocycles. The van der Waals surface area contributed by atoms with Gasteiger partial charge in [-0.2, -0.15) is 0 Å². The van der Waals surface area contributed by atoms with Crippen molar-refractivity contribution in [2.75, 3.05) is 0 Å². The van der Waals surface area contributed by atoms with Gasteiger partial charge in [0, 0.05) is 0 Å². The Hall–Kier alpha value is -2.12. The predicted molar refractivity (Wildman–Crippen MR) is 107 cm³/mol. The Labute approximate surface area is 146 Å². The van der Waals surface area contributed by atoms with Crippen molar-refractivity contribution in [1.82, 2.24) is 0 Å². The number of hydrogen-bond donors (Lipinski definition) is 0. The third kappa shape index (κ3) is 1.85. The maximum atomic E-state index is 2.44. The van der Waals surface area contributed by atoms with E-state index >= 15 is 0 Å². The first kappa shape index (κ1) is 15.4. The minimum atomic E-state index is -2.10. The summed E-state index contributed by atoms with van der Waals surface area (Å²) in [5, 5.41) is 4.91. The minimum Gasteiger partial charge on any atom is -0.0624 e. The van der Waals surface area contributed by atoms with Crippen molar-refractivity contribution in [3.63, 3.8) is 0 Å². The fraction of sp³-hybridized carbons (Fsp3) is 0.217. The van der Waals surface area contributed by atoms with Crippen molar-refractivity contribution in [2.45, 2.75) is 32.7 Å². The maximum absolute atomic E-state index is 2.44. The normalized spacial score (nSPS) is 19.0. The third-order valence-electron chi connectivity index (χ3n) is 5.60. The molecule has 0 spiro atoms. The highest BCUT2D eigenvalue weighted by molar-refractivity contribution is 7.16. The van der Waals surface area contributed by atoms with E-state index in [1.807, 2.05) is 0 Å². The average molecular weight is 329 g/mol. The zero-order valence-corrected chi connectivity index (χ0v) is 15.9. The number of benzene rings is 3. The minimum absolute atomic E-state index is 0.196. The van der Waals surface area contributed by atoms with Crippen LogP contribution in [0, 0.1) is 6.92 Å². The van der Waals surface area contributed by atoms with Gasteiger partial charge < -0.3 is 0 Å². The maximum Gasteiger partial charge on any atom is 0.155 e. The molecule has 24 heavy (non-hydrogen) atoms. The van der Waals surface area contributed by atoms with Gasteiger partial charge in [0.05, 0.1) is 0 Å². The van der Waals surface area contributed by atoms with Crippen molar-refractivity contribution in [1.29, 1.82) is 0 Å². The Kier molecular flexibility index (Phi) is 3.33. The molecule has 0 amide bonds. The molecule has 4 rings (SSSR count). The van der Waals surface area contributed by atoms with Gasteiger partial charge in [-0.05, 0) is 38.6 Å². The molecule has 0 nitrogen and oxygen atoms in total. The van der Waals surface area contributed by atoms with E-state index in [1.54, 1.807) is 10.4 Å². The molecule has 1 heteroatoms. The molecule has 3 aromatic rings. The van der Waals surface area contributed by atoms with Gasteiger partial charge >= 0.3 is 0 Å². The summed E-state index contributed by atoms with van der Waals surface area (Å²) in [6.45, 7) is 9.60. The summed E-state index contributed by atoms with van der Waals surface area (Å²) in [6.07, 6.45) is 0. The topological polar surface area (TPSA) is 0 Å². The summed E-state index contributed by atoms with van der Waals surface area (Å²) in [6, 6.07) is 27.2. The van der Waals surface area contributed by atoms with Crippen molar-refractivity contribution < 1.29 is 0 Å². The lowest BCUT2D eigenvalue weighted by Gasteiger charge is -2.43. The SMILES string of the molecule is Cc1cccc2c1[Si@](c1ccccc1)(C(C)(C)C)c1ccccc1-2. The summed E-state index contributed by atoms with van der Waals surface area (Å²) in [4.78, 5) is 0. The molecular weight excluding hydrogens is 304 g/mol. The van der Waals surface area contributed by atoms with Crippen LogP contribution in [0.3, 0.4) is 0 Å². The highest BCUT2D eigenvalue weighted by Crippen LogP contribution is 2.42. The second kappa shape index (κ2) is 5.19. The van der Waals surface area contributed by atoms with Crippen LogP contribution in [-0.2, 0) is 0 Å². The van der Waals surface area contributed by atoms with Gasteiger partial charge in [0.15, 0.2) is 8.07 Å². The monoisotopic (exact) mass is 328 g/mol. The summed E-state index contributed by atoms with van der Waals surface area (Å²) in [5.74, 6) is 0. The Morgan fingerprint density at radius 2 is 1.29 bits per heavy atom. The van der Waals surface area contributed by atoms with Crippen LogP contribution in [0.5, 0.6) is 0 Å². The van der Waals surface area contributed by atoms with Crippen LogP contribution in [0.1, 0.15) is 26.3 Å². The second-order valence-electron chi connectivity index (χ2n) is 7.91. The first-order valence-electron chi connectivity index (χ1n) is 8.73. The van der Waals surface area contributed by atoms with Crippen molar-refractivity contribution in [2.24, 2.45) is 0 Å². The molecule has 0 aromatic heterocycles. The van der Waals surface area contributed by atoms with Crippen LogP contribution in [0.15, 0.2) is 72.8 Å². The first-order valence-corrected chi connectivity index (χ1v) is 10.7. The van der Waals surface area contributed by atoms with Crippen LogP contribution in [0.2, 0.25) is 5.04 Å². The van der Waals surface area contributed by atoms with E-state index in [2.05, 4.69) is 100 Å². The highest BCUT2D eigenvalue weighted by Gasteiger charge is 2.54. The molecular formula is C23H24Si. The van der Waals surface area contributed by atoms with Gasteiger partial charge in [0.1, 0.15) is 0 Å². The van der Waals surface area contributed by atoms with Crippen LogP contribution >= 0.6 is 0 Å². The van der Waals surface area contributed by atoms with Gasteiger partial charge in [0.2, 0.25) is 0 Å². The van der Waals surface area contributed by atoms with Crippen LogP contribution in [0.4, 0.5) is 0 Å². The summed E-state index contributed by atoms with van der Waals surface area (Å²) in [5.41, 5.74) is 4.34. The molecule has 1 heterocycles. The highest BCUT2D eigenvalue weighted by atomic mass is 28.3. The molecule has 0 radical (unpaired) electrons. The Balaban J connectivity index is 2.23. The zero-order chi connectivity index (χ0) is 16.9. The third-order valence-corrected chi connectivity index (χ3v) is 11.7. The quantitative estimate of drug-likeness (QED) is 0.586. The van der Waals surface area contributed by atoms with E-state index in [0.29, 0.717) is 0 Å². The zero-order valence-electron chi connectivity index (χ0n) is 14.9. The van der Waals surface area contributed by atoms with E-state index in [4.69, 9.17) is 0 Å². The summed E-state index contributed by atoms with van der Waals surface area (Å²) < 4.78 is 0. The fourth-order valence-electron chi connectivity index (χ4n) is 4.77. The fourth-order valence-corrected chi connectivity index (χ4v) is 11.0. The molecule has 1 atom stereocenters. The molecule has 0 bridgehead atoms. The standard InChI is InChI=1S/C23H24Si/c1-17-11-10-15-20-19-14-8-9-16-21(19)24(22(17)20,23(2,3)4)18-12-6-5-7-13-18/h5-16H,1-4H3/t24-/m1/s1. The Bertz CT molecular complexity index is 903. The van der Waals surface area contributed by atoms with Crippen LogP contribution in [0.25, 0.3) is 11.1 Å². The molecule has 0 aliphatic carbocycles. The van der Waals surface area contributed by atoms with Crippen LogP contribution in [-0.4, -0.2) is 8.07 Å². The number of fused-ring (bicyclic) bond motifs is 3. The van der Waals surface area contributed by atoms with E-state index in [-0.39, 0.29) is 5.04 Å². The average Bonchev–Trinajstić information content (AvgIpc) is 2.88. The molecule has 1 aliphatic rings. The van der Waals surface area contributed by atoms with E-state index in [0.717, 1.165) is 0 Å². The van der Waals surface area contributed by atoms with Gasteiger partial charge in [-0.25, -0.2) is 0 Å². The van der Waals surface area contributed by atoms with Crippen molar-refractivity contribution in [3.05, 3.63) is 78.4 Å². The number of aryl methyl sites for hydroxylation is 1. The van der Waals surface area contributed by atoms with Gasteiger partial charge in [-0.15, -0.1) is 0 Å². The molecule has 0 saturated carbocycles. The molecule has 0 N–H and O–H groups in total. The lowest BCUT2D eigenvalue weighted by atomic mass is 10.0. The predicted octanol–water partition coefficient (Wildman–Crippen LogP) is 4.25. The summed E-state index contributed by atoms with van der Waals surface area (Å²) >= 11 is 0. The van der Waals surface area contributed by atoms with Crippen LogP contribution < -0.4 is 15.6 Å². The van der Waals surface area contributed by atoms with Gasteiger partial charge in [0.25, 0.3) is 0 Å². The van der Waals surface area contributed by atoms with Crippen molar-refractivity contribution in [3.8, 4) is 11.1 Å². The first-order chi connectivity index (χ1) is 11.5. The van der Waals surface area contributed by atoms with Crippen molar-refractivity contribution >= 4 is 23.6 Å². The van der Waals surface area contributed by atoms with Gasteiger partial charge in [-0.3, -0.25) is 0 Å². The van der Waals surface area contributed by atoms with E-state index in [9.17, 15) is 0 Å². The Morgan fingerprint density at radius 1 is 0.667 bits per heavy atom. The van der Waals surface area contributed by atoms with Gasteiger partial charge in [-0.1, -0.05) is 99.1 Å². The molecule has 3 aromatic carbocycles. The van der Waals surface area contributed by atoms with E-state index in [1.165, 1.54) is 21.9 Å². The molecule has 0 saturated heterocycles. The largest absolute Gasteiger partial charge is 0.155 e. The number of hydrogen-bond acceptors (Lipinski definition) is 0. The summed E-state index contributed by atoms with van der Waals surface area (Å²) in [7, 11) is -2.10. The number of rotatable bonds is 1. The smallest absolute Gasteiger partial charge is 0.0624 e. The lowest BCUT2D eigenvalue weighted by Crippen LogP contribution is -2.70. The lowest BCUT2D eigenvalue weighted by molar-refractivity contribution is 0.740. The molecule has 120 valence electrons. The molecule has 0 fully saturated rings. The Morgan fingerprint density at radius 3 is 2.00 bits per heavy atom. The van der Waals surface area contributed by atoms with E-state index < -0.39 is 8.07 Å². The second-order valence-corrected chi connectivity index (χ2v) is 12.5. The molecule has 0 unspecified atom stereocenters.